The molecule has 0 radical (unpaired) electrons. The van der Waals surface area contributed by atoms with Gasteiger partial charge in [0.25, 0.3) is 0 Å². The molecular weight excluding hydrogens is 272 g/mol. The number of nitrogens with zero attached hydrogens (tertiary/aromatic N) is 3. The molecule has 0 fully saturated rings. The Bertz CT molecular complexity index is 446. The Morgan fingerprint density at radius 3 is 3.06 bits per heavy atom. The highest BCUT2D eigenvalue weighted by Gasteiger charge is 2.16. The van der Waals surface area contributed by atoms with E-state index in [1.807, 2.05) is 19.1 Å². The first kappa shape index (κ1) is 11.1. The Morgan fingerprint density at radius 1 is 1.56 bits per heavy atom. The first-order chi connectivity index (χ1) is 7.70. The molecule has 1 aromatic heterocycles. The van der Waals surface area contributed by atoms with E-state index in [0.29, 0.717) is 12.2 Å². The molecule has 84 valence electrons. The predicted octanol–water partition coefficient (Wildman–Crippen LogP) is 1.42. The number of aryl methyl sites for hydroxylation is 1. The molecule has 0 unspecified atom stereocenters. The Balaban J connectivity index is 2.19. The summed E-state index contributed by atoms with van der Waals surface area (Å²) in [7, 11) is 0. The monoisotopic (exact) mass is 282 g/mol. The highest BCUT2D eigenvalue weighted by Crippen LogP contribution is 2.21. The van der Waals surface area contributed by atoms with E-state index in [-0.39, 0.29) is 0 Å². The minimum Gasteiger partial charge on any atom is -0.315 e. The molecule has 1 aromatic rings. The van der Waals surface area contributed by atoms with Gasteiger partial charge in [0.1, 0.15) is 11.7 Å². The molecule has 0 saturated heterocycles. The van der Waals surface area contributed by atoms with E-state index in [4.69, 9.17) is 0 Å². The second-order valence-electron chi connectivity index (χ2n) is 3.42. The molecule has 1 aliphatic heterocycles. The molecule has 0 spiro atoms. The van der Waals surface area contributed by atoms with Crippen molar-refractivity contribution in [1.82, 2.24) is 10.3 Å². The lowest BCUT2D eigenvalue weighted by molar-refractivity contribution is -0.108. The molecule has 0 atom stereocenters. The average molecular weight is 283 g/mol. The summed E-state index contributed by atoms with van der Waals surface area (Å²) >= 11 is 3.40. The van der Waals surface area contributed by atoms with Gasteiger partial charge in [0, 0.05) is 10.9 Å². The van der Waals surface area contributed by atoms with Crippen LogP contribution in [-0.2, 0) is 4.79 Å². The van der Waals surface area contributed by atoms with Crippen molar-refractivity contribution in [2.24, 2.45) is 5.10 Å². The number of amidine groups is 1. The van der Waals surface area contributed by atoms with E-state index in [2.05, 4.69) is 31.3 Å². The van der Waals surface area contributed by atoms with Crippen LogP contribution in [0.25, 0.3) is 0 Å². The predicted molar refractivity (Wildman–Crippen MR) is 65.3 cm³/mol. The maximum atomic E-state index is 10.3. The SMILES string of the molecule is Cc1nc(N2CCC(NC=O)=N2)ccc1Br. The van der Waals surface area contributed by atoms with Crippen LogP contribution in [0, 0.1) is 6.92 Å². The number of anilines is 1. The summed E-state index contributed by atoms with van der Waals surface area (Å²) in [6.45, 7) is 2.67. The van der Waals surface area contributed by atoms with Crippen LogP contribution in [0.4, 0.5) is 5.82 Å². The van der Waals surface area contributed by atoms with Gasteiger partial charge in [0.05, 0.1) is 12.2 Å². The Hall–Kier alpha value is -1.43. The molecule has 2 heterocycles. The van der Waals surface area contributed by atoms with E-state index in [1.165, 1.54) is 0 Å². The second kappa shape index (κ2) is 4.61. The first-order valence-corrected chi connectivity index (χ1v) is 5.68. The van der Waals surface area contributed by atoms with Gasteiger partial charge in [-0.2, -0.15) is 5.10 Å². The smallest absolute Gasteiger partial charge is 0.212 e. The summed E-state index contributed by atoms with van der Waals surface area (Å²) in [6.07, 6.45) is 1.37. The van der Waals surface area contributed by atoms with Gasteiger partial charge in [0.2, 0.25) is 6.41 Å². The van der Waals surface area contributed by atoms with Gasteiger partial charge < -0.3 is 5.32 Å². The lowest BCUT2D eigenvalue weighted by Gasteiger charge is -2.12. The number of carbonyl (C=O) groups excluding carboxylic acids is 1. The number of halogens is 1. The van der Waals surface area contributed by atoms with Crippen LogP contribution in [0.15, 0.2) is 21.7 Å². The number of carbonyl (C=O) groups is 1. The summed E-state index contributed by atoms with van der Waals surface area (Å²) in [5, 5.41) is 8.59. The van der Waals surface area contributed by atoms with Gasteiger partial charge in [-0.05, 0) is 35.0 Å². The van der Waals surface area contributed by atoms with E-state index in [0.717, 1.165) is 29.0 Å². The molecule has 1 aliphatic rings. The van der Waals surface area contributed by atoms with Crippen LogP contribution >= 0.6 is 15.9 Å². The number of pyridine rings is 1. The minimum absolute atomic E-state index is 0.641. The number of rotatable bonds is 2. The standard InChI is InChI=1S/C10H11BrN4O/c1-7-8(11)2-3-10(13-7)15-5-4-9(14-15)12-6-16/h2-3,6H,4-5H2,1H3,(H,12,14,16). The number of hydrazone groups is 1. The van der Waals surface area contributed by atoms with Crippen LogP contribution in [0.3, 0.4) is 0 Å². The summed E-state index contributed by atoms with van der Waals surface area (Å²) in [6, 6.07) is 3.84. The third-order valence-corrected chi connectivity index (χ3v) is 3.14. The van der Waals surface area contributed by atoms with Crippen LogP contribution in [0.2, 0.25) is 0 Å². The van der Waals surface area contributed by atoms with Crippen LogP contribution < -0.4 is 10.3 Å². The highest BCUT2D eigenvalue weighted by atomic mass is 79.9. The Kier molecular flexibility index (Phi) is 3.19. The van der Waals surface area contributed by atoms with Crippen molar-refractivity contribution < 1.29 is 4.79 Å². The van der Waals surface area contributed by atoms with Crippen molar-refractivity contribution in [2.45, 2.75) is 13.3 Å². The van der Waals surface area contributed by atoms with Crippen molar-refractivity contribution >= 4 is 34.0 Å². The maximum Gasteiger partial charge on any atom is 0.212 e. The maximum absolute atomic E-state index is 10.3. The molecule has 1 N–H and O–H groups in total. The molecule has 2 rings (SSSR count). The average Bonchev–Trinajstić information content (AvgIpc) is 2.71. The molecule has 16 heavy (non-hydrogen) atoms. The van der Waals surface area contributed by atoms with E-state index in [9.17, 15) is 4.79 Å². The van der Waals surface area contributed by atoms with Crippen LogP contribution in [0.1, 0.15) is 12.1 Å². The van der Waals surface area contributed by atoms with Gasteiger partial charge >= 0.3 is 0 Å². The fourth-order valence-corrected chi connectivity index (χ4v) is 1.69. The largest absolute Gasteiger partial charge is 0.315 e. The van der Waals surface area contributed by atoms with E-state index in [1.54, 1.807) is 5.01 Å². The van der Waals surface area contributed by atoms with Crippen molar-refractivity contribution in [2.75, 3.05) is 11.6 Å². The number of aromatic nitrogens is 1. The Morgan fingerprint density at radius 2 is 2.38 bits per heavy atom. The fraction of sp³-hybridized carbons (Fsp3) is 0.300. The third-order valence-electron chi connectivity index (χ3n) is 2.30. The summed E-state index contributed by atoms with van der Waals surface area (Å²) < 4.78 is 0.977. The van der Waals surface area contributed by atoms with Gasteiger partial charge in [-0.1, -0.05) is 0 Å². The minimum atomic E-state index is 0.641. The highest BCUT2D eigenvalue weighted by molar-refractivity contribution is 9.10. The number of nitrogens with one attached hydrogen (secondary N) is 1. The van der Waals surface area contributed by atoms with Crippen molar-refractivity contribution in [3.63, 3.8) is 0 Å². The van der Waals surface area contributed by atoms with Gasteiger partial charge in [0.15, 0.2) is 0 Å². The van der Waals surface area contributed by atoms with Gasteiger partial charge in [-0.25, -0.2) is 9.99 Å². The lowest BCUT2D eigenvalue weighted by Crippen LogP contribution is -2.18. The molecule has 0 aromatic carbocycles. The van der Waals surface area contributed by atoms with Crippen molar-refractivity contribution in [3.05, 3.63) is 22.3 Å². The number of amides is 1. The molecule has 0 bridgehead atoms. The molecular formula is C10H11BrN4O. The quantitative estimate of drug-likeness (QED) is 0.835. The molecule has 6 heteroatoms. The zero-order valence-corrected chi connectivity index (χ0v) is 10.4. The topological polar surface area (TPSA) is 57.6 Å². The van der Waals surface area contributed by atoms with E-state index >= 15 is 0 Å². The molecule has 0 aliphatic carbocycles. The molecule has 0 saturated carbocycles. The summed E-state index contributed by atoms with van der Waals surface area (Å²) in [4.78, 5) is 14.7. The Labute approximate surface area is 102 Å². The van der Waals surface area contributed by atoms with Gasteiger partial charge in [-0.3, -0.25) is 4.79 Å². The molecule has 5 nitrogen and oxygen atoms in total. The second-order valence-corrected chi connectivity index (χ2v) is 4.27. The summed E-state index contributed by atoms with van der Waals surface area (Å²) in [5.41, 5.74) is 0.921. The zero-order chi connectivity index (χ0) is 11.5. The van der Waals surface area contributed by atoms with Crippen LogP contribution in [0.5, 0.6) is 0 Å². The number of hydrogen-bond acceptors (Lipinski definition) is 4. The van der Waals surface area contributed by atoms with Crippen LogP contribution in [-0.4, -0.2) is 23.8 Å². The lowest BCUT2D eigenvalue weighted by atomic mass is 10.3. The summed E-state index contributed by atoms with van der Waals surface area (Å²) in [5.74, 6) is 1.47. The normalized spacial score (nSPS) is 14.9. The molecule has 1 amide bonds. The van der Waals surface area contributed by atoms with Crippen molar-refractivity contribution in [3.8, 4) is 0 Å². The number of hydrogen-bond donors (Lipinski definition) is 1. The zero-order valence-electron chi connectivity index (χ0n) is 8.77. The van der Waals surface area contributed by atoms with Crippen molar-refractivity contribution in [1.29, 1.82) is 0 Å². The fourth-order valence-electron chi connectivity index (χ4n) is 1.47. The van der Waals surface area contributed by atoms with E-state index < -0.39 is 0 Å². The van der Waals surface area contributed by atoms with Gasteiger partial charge in [-0.15, -0.1) is 0 Å². The first-order valence-electron chi connectivity index (χ1n) is 4.89. The third kappa shape index (κ3) is 2.21.